The van der Waals surface area contributed by atoms with Crippen molar-refractivity contribution in [3.8, 4) is 11.3 Å². The van der Waals surface area contributed by atoms with Crippen molar-refractivity contribution in [3.05, 3.63) is 95.8 Å². The highest BCUT2D eigenvalue weighted by Gasteiger charge is 2.26. The van der Waals surface area contributed by atoms with E-state index in [1.807, 2.05) is 24.3 Å². The number of hydrogen-bond donors (Lipinski definition) is 1. The van der Waals surface area contributed by atoms with Crippen molar-refractivity contribution in [1.82, 2.24) is 9.88 Å². The molecule has 0 bridgehead atoms. The Kier molecular flexibility index (Phi) is 5.37. The van der Waals surface area contributed by atoms with Crippen molar-refractivity contribution in [2.45, 2.75) is 25.2 Å². The summed E-state index contributed by atoms with van der Waals surface area (Å²) in [5.74, 6) is 0.278. The topological polar surface area (TPSA) is 19.0 Å². The average Bonchev–Trinajstić information content (AvgIpc) is 3.20. The van der Waals surface area contributed by atoms with Gasteiger partial charge < -0.3 is 9.88 Å². The first-order valence-electron chi connectivity index (χ1n) is 10.9. The summed E-state index contributed by atoms with van der Waals surface area (Å²) in [6, 6.07) is 26.5. The van der Waals surface area contributed by atoms with Crippen LogP contribution in [0.25, 0.3) is 22.2 Å². The third kappa shape index (κ3) is 3.78. The molecule has 0 amide bonds. The predicted octanol–water partition coefficient (Wildman–Crippen LogP) is 6.40. The molecule has 0 aliphatic carbocycles. The van der Waals surface area contributed by atoms with Crippen molar-refractivity contribution in [2.24, 2.45) is 0 Å². The van der Waals surface area contributed by atoms with E-state index in [0.717, 1.165) is 55.5 Å². The predicted molar refractivity (Wildman–Crippen MR) is 122 cm³/mol. The highest BCUT2D eigenvalue weighted by Crippen LogP contribution is 2.40. The number of likely N-dealkylation sites (tertiary alicyclic amines) is 1. The molecule has 5 rings (SSSR count). The lowest BCUT2D eigenvalue weighted by Crippen LogP contribution is -2.34. The van der Waals surface area contributed by atoms with Gasteiger partial charge in [-0.15, -0.1) is 0 Å². The van der Waals surface area contributed by atoms with Gasteiger partial charge in [-0.25, -0.2) is 4.39 Å². The lowest BCUT2D eigenvalue weighted by atomic mass is 9.86. The van der Waals surface area contributed by atoms with Crippen molar-refractivity contribution < 1.29 is 4.39 Å². The molecule has 2 nitrogen and oxygen atoms in total. The van der Waals surface area contributed by atoms with Crippen molar-refractivity contribution in [2.75, 3.05) is 19.6 Å². The van der Waals surface area contributed by atoms with Crippen molar-refractivity contribution in [1.29, 1.82) is 0 Å². The molecule has 0 atom stereocenters. The Morgan fingerprint density at radius 2 is 1.53 bits per heavy atom. The summed E-state index contributed by atoms with van der Waals surface area (Å²) in [5.41, 5.74) is 5.54. The number of halogens is 1. The molecule has 3 heteroatoms. The normalized spacial score (nSPS) is 15.6. The molecule has 152 valence electrons. The second-order valence-electron chi connectivity index (χ2n) is 8.29. The summed E-state index contributed by atoms with van der Waals surface area (Å²) >= 11 is 0. The van der Waals surface area contributed by atoms with Crippen LogP contribution >= 0.6 is 0 Å². The lowest BCUT2D eigenvalue weighted by molar-refractivity contribution is 0.215. The highest BCUT2D eigenvalue weighted by atomic mass is 19.1. The fourth-order valence-electron chi connectivity index (χ4n) is 4.84. The molecule has 4 aromatic rings. The van der Waals surface area contributed by atoms with Crippen LogP contribution in [-0.4, -0.2) is 29.5 Å². The van der Waals surface area contributed by atoms with Gasteiger partial charge in [-0.2, -0.15) is 0 Å². The fraction of sp³-hybridized carbons (Fsp3) is 0.259. The molecule has 2 heterocycles. The van der Waals surface area contributed by atoms with Gasteiger partial charge in [-0.05, 0) is 61.0 Å². The number of hydrogen-bond acceptors (Lipinski definition) is 1. The molecule has 1 aliphatic heterocycles. The van der Waals surface area contributed by atoms with E-state index in [1.165, 1.54) is 11.1 Å². The summed E-state index contributed by atoms with van der Waals surface area (Å²) in [4.78, 5) is 5.99. The zero-order valence-electron chi connectivity index (χ0n) is 17.2. The summed E-state index contributed by atoms with van der Waals surface area (Å²) in [6.45, 7) is 3.28. The number of rotatable bonds is 5. The molecule has 3 aromatic carbocycles. The van der Waals surface area contributed by atoms with E-state index < -0.39 is 0 Å². The van der Waals surface area contributed by atoms with E-state index in [1.54, 1.807) is 6.07 Å². The molecule has 0 unspecified atom stereocenters. The van der Waals surface area contributed by atoms with Crippen LogP contribution < -0.4 is 0 Å². The Morgan fingerprint density at radius 3 is 2.27 bits per heavy atom. The second-order valence-corrected chi connectivity index (χ2v) is 8.29. The molecule has 1 N–H and O–H groups in total. The molecule has 30 heavy (non-hydrogen) atoms. The number of piperidine rings is 1. The SMILES string of the molecule is Fc1cccc2c(C3CCN(CCc4ccccc4)CC3)c(-c3ccccc3)[nH]c12. The maximum atomic E-state index is 14.5. The first kappa shape index (κ1) is 19.1. The molecular weight excluding hydrogens is 371 g/mol. The highest BCUT2D eigenvalue weighted by molar-refractivity contribution is 5.91. The van der Waals surface area contributed by atoms with Crippen LogP contribution in [0, 0.1) is 5.82 Å². The van der Waals surface area contributed by atoms with E-state index in [2.05, 4.69) is 58.4 Å². The number of fused-ring (bicyclic) bond motifs is 1. The van der Waals surface area contributed by atoms with Gasteiger partial charge in [0.2, 0.25) is 0 Å². The van der Waals surface area contributed by atoms with E-state index in [4.69, 9.17) is 0 Å². The Hall–Kier alpha value is -2.91. The van der Waals surface area contributed by atoms with Crippen LogP contribution in [0.4, 0.5) is 4.39 Å². The number of nitrogens with zero attached hydrogens (tertiary/aromatic N) is 1. The average molecular weight is 399 g/mol. The third-order valence-corrected chi connectivity index (χ3v) is 6.44. The van der Waals surface area contributed by atoms with Gasteiger partial charge in [0.05, 0.1) is 11.2 Å². The number of nitrogens with one attached hydrogen (secondary N) is 1. The van der Waals surface area contributed by atoms with E-state index in [9.17, 15) is 4.39 Å². The molecular formula is C27H27FN2. The van der Waals surface area contributed by atoms with E-state index in [-0.39, 0.29) is 5.82 Å². The van der Waals surface area contributed by atoms with Crippen molar-refractivity contribution >= 4 is 10.9 Å². The zero-order valence-corrected chi connectivity index (χ0v) is 17.2. The van der Waals surface area contributed by atoms with Gasteiger partial charge in [0.25, 0.3) is 0 Å². The van der Waals surface area contributed by atoms with Crippen LogP contribution in [0.2, 0.25) is 0 Å². The van der Waals surface area contributed by atoms with Crippen LogP contribution in [0.5, 0.6) is 0 Å². The zero-order chi connectivity index (χ0) is 20.3. The van der Waals surface area contributed by atoms with Gasteiger partial charge in [-0.1, -0.05) is 72.8 Å². The Labute approximate surface area is 177 Å². The van der Waals surface area contributed by atoms with Gasteiger partial charge in [0, 0.05) is 11.9 Å². The summed E-state index contributed by atoms with van der Waals surface area (Å²) < 4.78 is 14.5. The quantitative estimate of drug-likeness (QED) is 0.412. The Morgan fingerprint density at radius 1 is 0.833 bits per heavy atom. The van der Waals surface area contributed by atoms with Crippen LogP contribution in [0.1, 0.15) is 29.9 Å². The number of para-hydroxylation sites is 1. The van der Waals surface area contributed by atoms with Crippen LogP contribution in [0.3, 0.4) is 0 Å². The molecule has 1 saturated heterocycles. The van der Waals surface area contributed by atoms with E-state index in [0.29, 0.717) is 11.4 Å². The third-order valence-electron chi connectivity index (χ3n) is 6.44. The second kappa shape index (κ2) is 8.45. The molecule has 1 aliphatic rings. The number of aromatic amines is 1. The monoisotopic (exact) mass is 398 g/mol. The standard InChI is InChI=1S/C27H27FN2/c28-24-13-7-12-23-25(26(29-27(23)24)22-10-5-2-6-11-22)21-15-18-30(19-16-21)17-14-20-8-3-1-4-9-20/h1-13,21,29H,14-19H2. The number of H-pyrrole nitrogens is 1. The maximum Gasteiger partial charge on any atom is 0.147 e. The lowest BCUT2D eigenvalue weighted by Gasteiger charge is -2.32. The van der Waals surface area contributed by atoms with Gasteiger partial charge in [0.1, 0.15) is 5.82 Å². The van der Waals surface area contributed by atoms with E-state index >= 15 is 0 Å². The molecule has 1 fully saturated rings. The smallest absolute Gasteiger partial charge is 0.147 e. The molecule has 1 aromatic heterocycles. The fourth-order valence-corrected chi connectivity index (χ4v) is 4.84. The Balaban J connectivity index is 1.38. The Bertz CT molecular complexity index is 1110. The maximum absolute atomic E-state index is 14.5. The largest absolute Gasteiger partial charge is 0.352 e. The first-order valence-corrected chi connectivity index (χ1v) is 10.9. The van der Waals surface area contributed by atoms with Crippen molar-refractivity contribution in [3.63, 3.8) is 0 Å². The number of benzene rings is 3. The molecule has 0 saturated carbocycles. The van der Waals surface area contributed by atoms with Crippen LogP contribution in [0.15, 0.2) is 78.9 Å². The minimum Gasteiger partial charge on any atom is -0.352 e. The molecule has 0 spiro atoms. The molecule has 0 radical (unpaired) electrons. The van der Waals surface area contributed by atoms with Gasteiger partial charge >= 0.3 is 0 Å². The minimum absolute atomic E-state index is 0.170. The summed E-state index contributed by atoms with van der Waals surface area (Å²) in [5, 5.41) is 1.04. The van der Waals surface area contributed by atoms with Crippen LogP contribution in [-0.2, 0) is 6.42 Å². The van der Waals surface area contributed by atoms with Gasteiger partial charge in [-0.3, -0.25) is 0 Å². The summed E-state index contributed by atoms with van der Waals surface area (Å²) in [7, 11) is 0. The summed E-state index contributed by atoms with van der Waals surface area (Å²) in [6.07, 6.45) is 3.31. The minimum atomic E-state index is -0.170. The first-order chi connectivity index (χ1) is 14.8. The van der Waals surface area contributed by atoms with Gasteiger partial charge in [0.15, 0.2) is 0 Å². The number of aromatic nitrogens is 1.